The summed E-state index contributed by atoms with van der Waals surface area (Å²) in [6, 6.07) is 8.97. The first-order valence-electron chi connectivity index (χ1n) is 7.67. The van der Waals surface area contributed by atoms with Gasteiger partial charge in [-0.3, -0.25) is 5.41 Å². The van der Waals surface area contributed by atoms with Crippen LogP contribution in [-0.2, 0) is 4.79 Å². The van der Waals surface area contributed by atoms with Crippen LogP contribution < -0.4 is 10.1 Å². The summed E-state index contributed by atoms with van der Waals surface area (Å²) < 4.78 is 5.27. The van der Waals surface area contributed by atoms with E-state index in [4.69, 9.17) is 10.1 Å². The molecule has 0 spiro atoms. The molecule has 2 N–H and O–H groups in total. The molecule has 0 fully saturated rings. The molecule has 23 heavy (non-hydrogen) atoms. The number of rotatable bonds is 8. The van der Waals surface area contributed by atoms with Gasteiger partial charge in [0, 0.05) is 25.2 Å². The minimum Gasteiger partial charge on any atom is -0.423 e. The highest BCUT2D eigenvalue weighted by Crippen LogP contribution is 2.15. The Morgan fingerprint density at radius 3 is 2.65 bits per heavy atom. The second kappa shape index (κ2) is 10.9. The van der Waals surface area contributed by atoms with Crippen molar-refractivity contribution in [1.82, 2.24) is 10.2 Å². The van der Waals surface area contributed by atoms with Crippen LogP contribution in [0, 0.1) is 5.41 Å². The van der Waals surface area contributed by atoms with E-state index < -0.39 is 5.97 Å². The van der Waals surface area contributed by atoms with Crippen molar-refractivity contribution in [2.75, 3.05) is 26.7 Å². The normalized spacial score (nSPS) is 11.2. The molecule has 6 heteroatoms. The molecule has 0 radical (unpaired) electrons. The first-order valence-corrected chi connectivity index (χ1v) is 8.55. The summed E-state index contributed by atoms with van der Waals surface area (Å²) in [4.78, 5) is 14.0. The van der Waals surface area contributed by atoms with Gasteiger partial charge in [-0.25, -0.2) is 4.79 Å². The highest BCUT2D eigenvalue weighted by atomic mass is 32.2. The molecule has 0 bridgehead atoms. The number of para-hydroxylation sites is 1. The van der Waals surface area contributed by atoms with E-state index in [1.807, 2.05) is 30.1 Å². The van der Waals surface area contributed by atoms with Crippen molar-refractivity contribution in [1.29, 1.82) is 5.41 Å². The smallest absolute Gasteiger partial charge is 0.339 e. The van der Waals surface area contributed by atoms with Crippen LogP contribution in [-0.4, -0.2) is 42.7 Å². The lowest BCUT2D eigenvalue weighted by Crippen LogP contribution is -2.34. The number of nitrogens with zero attached hydrogens (tertiary/aromatic N) is 1. The maximum Gasteiger partial charge on any atom is 0.339 e. The summed E-state index contributed by atoms with van der Waals surface area (Å²) in [6.45, 7) is 6.21. The molecule has 126 valence electrons. The maximum absolute atomic E-state index is 12.0. The molecule has 0 aliphatic heterocycles. The fourth-order valence-electron chi connectivity index (χ4n) is 1.77. The topological polar surface area (TPSA) is 65.4 Å². The van der Waals surface area contributed by atoms with Crippen LogP contribution in [0.1, 0.15) is 20.3 Å². The number of hydrogen-bond acceptors (Lipinski definition) is 5. The molecule has 1 aromatic carbocycles. The van der Waals surface area contributed by atoms with E-state index in [0.717, 1.165) is 26.1 Å². The molecule has 0 saturated carbocycles. The first-order chi connectivity index (χ1) is 11.1. The van der Waals surface area contributed by atoms with Crippen LogP contribution in [0.15, 0.2) is 41.3 Å². The summed E-state index contributed by atoms with van der Waals surface area (Å²) in [6.07, 6.45) is 0.978. The zero-order valence-electron chi connectivity index (χ0n) is 14.0. The van der Waals surface area contributed by atoms with E-state index in [9.17, 15) is 4.79 Å². The van der Waals surface area contributed by atoms with Crippen molar-refractivity contribution in [3.63, 3.8) is 0 Å². The predicted molar refractivity (Wildman–Crippen MR) is 96.9 cm³/mol. The number of nitrogens with one attached hydrogen (secondary N) is 2. The predicted octanol–water partition coefficient (Wildman–Crippen LogP) is 3.10. The Morgan fingerprint density at radius 2 is 2.04 bits per heavy atom. The van der Waals surface area contributed by atoms with Crippen LogP contribution in [0.25, 0.3) is 0 Å². The molecule has 0 atom stereocenters. The van der Waals surface area contributed by atoms with Crippen LogP contribution >= 0.6 is 11.8 Å². The van der Waals surface area contributed by atoms with Gasteiger partial charge in [-0.2, -0.15) is 0 Å². The first kappa shape index (κ1) is 19.3. The Hall–Kier alpha value is -1.79. The Morgan fingerprint density at radius 1 is 1.35 bits per heavy atom. The summed E-state index contributed by atoms with van der Waals surface area (Å²) in [5.41, 5.74) is 0.480. The Kier molecular flexibility index (Phi) is 9.09. The fourth-order valence-corrected chi connectivity index (χ4v) is 2.49. The monoisotopic (exact) mass is 335 g/mol. The van der Waals surface area contributed by atoms with Crippen molar-refractivity contribution in [3.05, 3.63) is 41.3 Å². The van der Waals surface area contributed by atoms with Crippen molar-refractivity contribution >= 4 is 22.9 Å². The number of likely N-dealkylation sites (N-methyl/N-ethyl adjacent to an activating group) is 1. The van der Waals surface area contributed by atoms with E-state index in [0.29, 0.717) is 16.5 Å². The molecular formula is C17H25N3O2S. The highest BCUT2D eigenvalue weighted by molar-refractivity contribution is 8.16. The largest absolute Gasteiger partial charge is 0.423 e. The van der Waals surface area contributed by atoms with E-state index in [-0.39, 0.29) is 0 Å². The summed E-state index contributed by atoms with van der Waals surface area (Å²) in [7, 11) is 1.89. The maximum atomic E-state index is 12.0. The third-order valence-electron chi connectivity index (χ3n) is 3.04. The lowest BCUT2D eigenvalue weighted by molar-refractivity contribution is -0.130. The van der Waals surface area contributed by atoms with Crippen molar-refractivity contribution in [3.8, 4) is 5.75 Å². The van der Waals surface area contributed by atoms with Gasteiger partial charge in [0.2, 0.25) is 0 Å². The van der Waals surface area contributed by atoms with E-state index in [2.05, 4.69) is 12.2 Å². The third-order valence-corrected chi connectivity index (χ3v) is 3.99. The van der Waals surface area contributed by atoms with Crippen LogP contribution in [0.5, 0.6) is 5.75 Å². The zero-order valence-corrected chi connectivity index (χ0v) is 14.8. The van der Waals surface area contributed by atoms with Gasteiger partial charge in [0.25, 0.3) is 0 Å². The molecule has 0 heterocycles. The van der Waals surface area contributed by atoms with Gasteiger partial charge in [0.05, 0.1) is 0 Å². The van der Waals surface area contributed by atoms with Gasteiger partial charge in [-0.15, -0.1) is 0 Å². The SMILES string of the molecule is CCCN(CCNC)C(=N)S/C=C(\C)C(=O)Oc1ccccc1. The summed E-state index contributed by atoms with van der Waals surface area (Å²) in [5, 5.41) is 13.3. The average molecular weight is 335 g/mol. The van der Waals surface area contributed by atoms with Crippen LogP contribution in [0.3, 0.4) is 0 Å². The fraction of sp³-hybridized carbons (Fsp3) is 0.412. The zero-order chi connectivity index (χ0) is 17.1. The highest BCUT2D eigenvalue weighted by Gasteiger charge is 2.11. The minimum absolute atomic E-state index is 0.395. The summed E-state index contributed by atoms with van der Waals surface area (Å²) in [5.74, 6) is 0.126. The molecule has 1 aromatic rings. The van der Waals surface area contributed by atoms with Gasteiger partial charge >= 0.3 is 5.97 Å². The number of amidine groups is 1. The lowest BCUT2D eigenvalue weighted by atomic mass is 10.3. The second-order valence-electron chi connectivity index (χ2n) is 5.02. The van der Waals surface area contributed by atoms with Gasteiger partial charge < -0.3 is 15.0 Å². The van der Waals surface area contributed by atoms with Crippen molar-refractivity contribution in [2.24, 2.45) is 0 Å². The quantitative estimate of drug-likeness (QED) is 0.251. The molecule has 0 amide bonds. The van der Waals surface area contributed by atoms with E-state index in [1.54, 1.807) is 24.5 Å². The number of esters is 1. The van der Waals surface area contributed by atoms with Crippen LogP contribution in [0.4, 0.5) is 0 Å². The Bertz CT molecular complexity index is 532. The van der Waals surface area contributed by atoms with Crippen molar-refractivity contribution in [2.45, 2.75) is 20.3 Å². The number of carbonyl (C=O) groups is 1. The Balaban J connectivity index is 2.55. The van der Waals surface area contributed by atoms with Crippen molar-refractivity contribution < 1.29 is 9.53 Å². The number of carbonyl (C=O) groups excluding carboxylic acids is 1. The molecule has 1 rings (SSSR count). The summed E-state index contributed by atoms with van der Waals surface area (Å²) >= 11 is 1.24. The van der Waals surface area contributed by atoms with Gasteiger partial charge in [-0.1, -0.05) is 36.9 Å². The van der Waals surface area contributed by atoms with Gasteiger partial charge in [0.1, 0.15) is 5.75 Å². The molecule has 0 aromatic heterocycles. The van der Waals surface area contributed by atoms with E-state index in [1.165, 1.54) is 11.8 Å². The molecular weight excluding hydrogens is 310 g/mol. The number of benzene rings is 1. The van der Waals surface area contributed by atoms with Gasteiger partial charge in [0.15, 0.2) is 5.17 Å². The molecule has 0 aliphatic rings. The number of hydrogen-bond donors (Lipinski definition) is 2. The molecule has 0 unspecified atom stereocenters. The average Bonchev–Trinajstić information content (AvgIpc) is 2.57. The van der Waals surface area contributed by atoms with Gasteiger partial charge in [-0.05, 0) is 37.9 Å². The Labute approximate surface area is 142 Å². The minimum atomic E-state index is -0.395. The standard InChI is InChI=1S/C17H25N3O2S/c1-4-11-20(12-10-19-3)17(18)23-13-14(2)16(21)22-15-8-6-5-7-9-15/h5-9,13,18-19H,4,10-12H2,1-3H3/b14-13+,18-17?. The van der Waals surface area contributed by atoms with Crippen LogP contribution in [0.2, 0.25) is 0 Å². The molecule has 5 nitrogen and oxygen atoms in total. The molecule has 0 aliphatic carbocycles. The number of thioether (sulfide) groups is 1. The second-order valence-corrected chi connectivity index (χ2v) is 5.88. The number of ether oxygens (including phenoxy) is 1. The lowest BCUT2D eigenvalue weighted by Gasteiger charge is -2.23. The molecule has 0 saturated heterocycles. The van der Waals surface area contributed by atoms with E-state index >= 15 is 0 Å². The third kappa shape index (κ3) is 7.34.